The van der Waals surface area contributed by atoms with E-state index >= 15 is 0 Å². The molecule has 4 N–H and O–H groups in total. The number of hydrogen-bond acceptors (Lipinski definition) is 3. The van der Waals surface area contributed by atoms with Crippen LogP contribution in [0, 0.1) is 6.92 Å². The van der Waals surface area contributed by atoms with Crippen molar-refractivity contribution in [2.24, 2.45) is 0 Å². The Morgan fingerprint density at radius 3 is 2.58 bits per heavy atom. The van der Waals surface area contributed by atoms with Crippen LogP contribution in [0.15, 0.2) is 54.7 Å². The molecule has 1 aliphatic carbocycles. The number of benzene rings is 1. The van der Waals surface area contributed by atoms with Gasteiger partial charge in [0.25, 0.3) is 0 Å². The first-order valence-corrected chi connectivity index (χ1v) is 8.68. The molecule has 0 saturated heterocycles. The molecule has 26 heavy (non-hydrogen) atoms. The maximum atomic E-state index is 12.1. The minimum atomic E-state index is -0.322. The highest BCUT2D eigenvalue weighted by Gasteiger charge is 2.26. The van der Waals surface area contributed by atoms with Gasteiger partial charge >= 0.3 is 6.03 Å². The highest BCUT2D eigenvalue weighted by Crippen LogP contribution is 2.41. The van der Waals surface area contributed by atoms with Crippen LogP contribution in [0.1, 0.15) is 24.6 Å². The maximum absolute atomic E-state index is 12.1. The first-order valence-electron chi connectivity index (χ1n) is 8.68. The molecule has 0 radical (unpaired) electrons. The standard InChI is InChI=1S/C20H21N5O/c1-13-3-2-4-18(22-13)24-20(26)23-15-7-5-14(6-8-15)19-17(21)11-12-25(19)16-9-10-16/h2-8,11-12,16H,9-10,21H2,1H3,(H2,22,23,24,26). The van der Waals surface area contributed by atoms with Crippen LogP contribution in [0.4, 0.5) is 22.0 Å². The molecule has 2 amide bonds. The van der Waals surface area contributed by atoms with Crippen molar-refractivity contribution in [3.63, 3.8) is 0 Å². The fourth-order valence-electron chi connectivity index (χ4n) is 3.04. The Kier molecular flexibility index (Phi) is 4.08. The van der Waals surface area contributed by atoms with Crippen LogP contribution in [0.3, 0.4) is 0 Å². The van der Waals surface area contributed by atoms with E-state index in [0.717, 1.165) is 22.6 Å². The summed E-state index contributed by atoms with van der Waals surface area (Å²) < 4.78 is 2.24. The molecule has 0 aliphatic heterocycles. The average molecular weight is 347 g/mol. The van der Waals surface area contributed by atoms with E-state index in [1.165, 1.54) is 12.8 Å². The zero-order valence-corrected chi connectivity index (χ0v) is 14.6. The summed E-state index contributed by atoms with van der Waals surface area (Å²) in [5.41, 5.74) is 10.6. The molecule has 2 aromatic heterocycles. The molecule has 0 spiro atoms. The SMILES string of the molecule is Cc1cccc(NC(=O)Nc2ccc(-c3c(N)ccn3C3CC3)cc2)n1. The number of urea groups is 1. The molecule has 1 aliphatic rings. The second-order valence-corrected chi connectivity index (χ2v) is 6.58. The fraction of sp³-hybridized carbons (Fsp3) is 0.200. The van der Waals surface area contributed by atoms with Crippen LogP contribution in [0.25, 0.3) is 11.3 Å². The van der Waals surface area contributed by atoms with Gasteiger partial charge in [0.15, 0.2) is 0 Å². The average Bonchev–Trinajstić information content (AvgIpc) is 3.38. The molecule has 3 aromatic rings. The van der Waals surface area contributed by atoms with Gasteiger partial charge in [0, 0.05) is 29.2 Å². The Balaban J connectivity index is 1.46. The quantitative estimate of drug-likeness (QED) is 0.653. The molecule has 132 valence electrons. The second-order valence-electron chi connectivity index (χ2n) is 6.58. The maximum Gasteiger partial charge on any atom is 0.324 e. The molecule has 0 bridgehead atoms. The Bertz CT molecular complexity index is 941. The van der Waals surface area contributed by atoms with E-state index < -0.39 is 0 Å². The number of carbonyl (C=O) groups excluding carboxylic acids is 1. The van der Waals surface area contributed by atoms with Crippen LogP contribution in [0.5, 0.6) is 0 Å². The molecular weight excluding hydrogens is 326 g/mol. The number of nitrogens with zero attached hydrogens (tertiary/aromatic N) is 2. The first kappa shape index (κ1) is 16.2. The summed E-state index contributed by atoms with van der Waals surface area (Å²) in [5, 5.41) is 5.55. The lowest BCUT2D eigenvalue weighted by molar-refractivity contribution is 0.262. The number of pyridine rings is 1. The van der Waals surface area contributed by atoms with E-state index in [1.807, 2.05) is 49.4 Å². The van der Waals surface area contributed by atoms with E-state index in [-0.39, 0.29) is 6.03 Å². The van der Waals surface area contributed by atoms with Gasteiger partial charge in [-0.15, -0.1) is 0 Å². The largest absolute Gasteiger partial charge is 0.397 e. The van der Waals surface area contributed by atoms with E-state index in [9.17, 15) is 4.79 Å². The molecule has 0 atom stereocenters. The highest BCUT2D eigenvalue weighted by atomic mass is 16.2. The number of aromatic nitrogens is 2. The van der Waals surface area contributed by atoms with Crippen molar-refractivity contribution in [2.75, 3.05) is 16.4 Å². The highest BCUT2D eigenvalue weighted by molar-refractivity contribution is 5.99. The Hall–Kier alpha value is -3.28. The number of nitrogen functional groups attached to an aromatic ring is 1. The molecule has 6 heteroatoms. The number of amides is 2. The van der Waals surface area contributed by atoms with E-state index in [1.54, 1.807) is 6.07 Å². The van der Waals surface area contributed by atoms with Gasteiger partial charge in [-0.2, -0.15) is 0 Å². The minimum absolute atomic E-state index is 0.322. The number of rotatable bonds is 4. The molecule has 6 nitrogen and oxygen atoms in total. The second kappa shape index (κ2) is 6.55. The monoisotopic (exact) mass is 347 g/mol. The number of anilines is 3. The lowest BCUT2D eigenvalue weighted by Crippen LogP contribution is -2.20. The Morgan fingerprint density at radius 2 is 1.88 bits per heavy atom. The fourth-order valence-corrected chi connectivity index (χ4v) is 3.04. The van der Waals surface area contributed by atoms with E-state index in [2.05, 4.69) is 26.4 Å². The summed E-state index contributed by atoms with van der Waals surface area (Å²) in [4.78, 5) is 16.4. The van der Waals surface area contributed by atoms with Crippen molar-refractivity contribution in [1.82, 2.24) is 9.55 Å². The Morgan fingerprint density at radius 1 is 1.12 bits per heavy atom. The molecule has 4 rings (SSSR count). The van der Waals surface area contributed by atoms with E-state index in [4.69, 9.17) is 5.73 Å². The molecular formula is C20H21N5O. The van der Waals surface area contributed by atoms with Crippen LogP contribution in [0.2, 0.25) is 0 Å². The van der Waals surface area contributed by atoms with Crippen LogP contribution >= 0.6 is 0 Å². The van der Waals surface area contributed by atoms with Crippen molar-refractivity contribution in [1.29, 1.82) is 0 Å². The summed E-state index contributed by atoms with van der Waals surface area (Å²) in [6.45, 7) is 1.88. The third-order valence-electron chi connectivity index (χ3n) is 4.43. The first-order chi connectivity index (χ1) is 12.6. The molecule has 2 heterocycles. The lowest BCUT2D eigenvalue weighted by atomic mass is 10.1. The van der Waals surface area contributed by atoms with Gasteiger partial charge in [-0.1, -0.05) is 18.2 Å². The smallest absolute Gasteiger partial charge is 0.324 e. The van der Waals surface area contributed by atoms with Gasteiger partial charge in [0.1, 0.15) is 5.82 Å². The van der Waals surface area contributed by atoms with Gasteiger partial charge in [-0.25, -0.2) is 9.78 Å². The number of carbonyl (C=O) groups is 1. The van der Waals surface area contributed by atoms with Crippen molar-refractivity contribution in [3.8, 4) is 11.3 Å². The molecule has 0 unspecified atom stereocenters. The normalized spacial score (nSPS) is 13.4. The number of nitrogens with two attached hydrogens (primary N) is 1. The number of hydrogen-bond donors (Lipinski definition) is 3. The molecule has 1 saturated carbocycles. The van der Waals surface area contributed by atoms with Crippen molar-refractivity contribution < 1.29 is 4.79 Å². The molecule has 1 aromatic carbocycles. The molecule has 1 fully saturated rings. The van der Waals surface area contributed by atoms with Crippen LogP contribution in [-0.4, -0.2) is 15.6 Å². The predicted octanol–water partition coefficient (Wildman–Crippen LogP) is 4.42. The Labute approximate surface area is 152 Å². The number of nitrogens with one attached hydrogen (secondary N) is 2. The van der Waals surface area contributed by atoms with Gasteiger partial charge in [0.2, 0.25) is 0 Å². The predicted molar refractivity (Wildman–Crippen MR) is 104 cm³/mol. The summed E-state index contributed by atoms with van der Waals surface area (Å²) in [6, 6.07) is 15.4. The zero-order valence-electron chi connectivity index (χ0n) is 14.6. The zero-order chi connectivity index (χ0) is 18.1. The van der Waals surface area contributed by atoms with Crippen LogP contribution < -0.4 is 16.4 Å². The van der Waals surface area contributed by atoms with Crippen LogP contribution in [-0.2, 0) is 0 Å². The minimum Gasteiger partial charge on any atom is -0.397 e. The van der Waals surface area contributed by atoms with Gasteiger partial charge < -0.3 is 15.6 Å². The van der Waals surface area contributed by atoms with Crippen molar-refractivity contribution >= 4 is 23.2 Å². The summed E-state index contributed by atoms with van der Waals surface area (Å²) in [5.74, 6) is 0.522. The third-order valence-corrected chi connectivity index (χ3v) is 4.43. The topological polar surface area (TPSA) is 85.0 Å². The summed E-state index contributed by atoms with van der Waals surface area (Å²) in [6.07, 6.45) is 4.46. The van der Waals surface area contributed by atoms with Crippen molar-refractivity contribution in [2.45, 2.75) is 25.8 Å². The van der Waals surface area contributed by atoms with Gasteiger partial charge in [-0.05, 0) is 50.1 Å². The van der Waals surface area contributed by atoms with Crippen molar-refractivity contribution in [3.05, 3.63) is 60.4 Å². The van der Waals surface area contributed by atoms with E-state index in [0.29, 0.717) is 17.5 Å². The lowest BCUT2D eigenvalue weighted by Gasteiger charge is -2.11. The third kappa shape index (κ3) is 3.39. The summed E-state index contributed by atoms with van der Waals surface area (Å²) >= 11 is 0. The summed E-state index contributed by atoms with van der Waals surface area (Å²) in [7, 11) is 0. The number of aryl methyl sites for hydroxylation is 1. The van der Waals surface area contributed by atoms with Gasteiger partial charge in [-0.3, -0.25) is 5.32 Å². The van der Waals surface area contributed by atoms with Gasteiger partial charge in [0.05, 0.1) is 11.4 Å².